The van der Waals surface area contributed by atoms with Crippen LogP contribution in [0.1, 0.15) is 36.0 Å². The standard InChI is InChI=1S/C15H21N3O3S/c19-15(17-12-6-10-22(20,21)11-12)13-5-4-7-16-14(13)18-8-2-1-3-9-18/h4-5,7,12H,1-3,6,8-11H2,(H,17,19). The summed E-state index contributed by atoms with van der Waals surface area (Å²) in [7, 11) is -2.99. The average Bonchev–Trinajstić information content (AvgIpc) is 2.87. The fourth-order valence-corrected chi connectivity index (χ4v) is 4.78. The van der Waals surface area contributed by atoms with Crippen molar-refractivity contribution in [2.75, 3.05) is 29.5 Å². The summed E-state index contributed by atoms with van der Waals surface area (Å²) < 4.78 is 23.0. The van der Waals surface area contributed by atoms with E-state index in [4.69, 9.17) is 0 Å². The first-order valence-corrected chi connectivity index (χ1v) is 9.58. The third kappa shape index (κ3) is 3.40. The number of hydrogen-bond acceptors (Lipinski definition) is 5. The van der Waals surface area contributed by atoms with E-state index in [0.29, 0.717) is 17.8 Å². The monoisotopic (exact) mass is 323 g/mol. The molecule has 1 aromatic rings. The van der Waals surface area contributed by atoms with Gasteiger partial charge in [-0.25, -0.2) is 13.4 Å². The van der Waals surface area contributed by atoms with Gasteiger partial charge in [-0.05, 0) is 37.8 Å². The van der Waals surface area contributed by atoms with Crippen molar-refractivity contribution in [3.8, 4) is 0 Å². The number of anilines is 1. The third-order valence-electron chi connectivity index (χ3n) is 4.25. The highest BCUT2D eigenvalue weighted by molar-refractivity contribution is 7.91. The van der Waals surface area contributed by atoms with E-state index in [9.17, 15) is 13.2 Å². The molecular weight excluding hydrogens is 302 g/mol. The number of pyridine rings is 1. The van der Waals surface area contributed by atoms with Crippen molar-refractivity contribution < 1.29 is 13.2 Å². The molecule has 0 aliphatic carbocycles. The topological polar surface area (TPSA) is 79.4 Å². The molecule has 0 saturated carbocycles. The summed E-state index contributed by atoms with van der Waals surface area (Å²) in [6, 6.07) is 3.22. The van der Waals surface area contributed by atoms with Crippen molar-refractivity contribution in [1.82, 2.24) is 10.3 Å². The van der Waals surface area contributed by atoms with E-state index in [0.717, 1.165) is 25.9 Å². The van der Waals surface area contributed by atoms with E-state index in [2.05, 4.69) is 15.2 Å². The molecule has 2 saturated heterocycles. The molecule has 1 atom stereocenters. The lowest BCUT2D eigenvalue weighted by molar-refractivity contribution is 0.0941. The van der Waals surface area contributed by atoms with Crippen LogP contribution in [0.2, 0.25) is 0 Å². The average molecular weight is 323 g/mol. The SMILES string of the molecule is O=C(NC1CCS(=O)(=O)C1)c1cccnc1N1CCCCC1. The number of nitrogens with zero attached hydrogens (tertiary/aromatic N) is 2. The maximum absolute atomic E-state index is 12.5. The smallest absolute Gasteiger partial charge is 0.255 e. The zero-order valence-electron chi connectivity index (χ0n) is 12.5. The molecule has 1 aromatic heterocycles. The minimum atomic E-state index is -2.99. The normalized spacial score (nSPS) is 24.2. The quantitative estimate of drug-likeness (QED) is 0.897. The van der Waals surface area contributed by atoms with E-state index in [1.54, 1.807) is 18.3 Å². The number of hydrogen-bond donors (Lipinski definition) is 1. The molecule has 2 aliphatic heterocycles. The van der Waals surface area contributed by atoms with Crippen LogP contribution < -0.4 is 10.2 Å². The van der Waals surface area contributed by atoms with Gasteiger partial charge in [0.15, 0.2) is 9.84 Å². The third-order valence-corrected chi connectivity index (χ3v) is 6.02. The minimum absolute atomic E-state index is 0.0397. The first-order chi connectivity index (χ1) is 10.6. The molecular formula is C15H21N3O3S. The lowest BCUT2D eigenvalue weighted by Gasteiger charge is -2.29. The van der Waals surface area contributed by atoms with Crippen molar-refractivity contribution in [3.63, 3.8) is 0 Å². The van der Waals surface area contributed by atoms with Crippen LogP contribution in [-0.4, -0.2) is 49.9 Å². The number of amides is 1. The number of piperidine rings is 1. The summed E-state index contributed by atoms with van der Waals surface area (Å²) in [5.41, 5.74) is 0.536. The lowest BCUT2D eigenvalue weighted by atomic mass is 10.1. The number of carbonyl (C=O) groups is 1. The van der Waals surface area contributed by atoms with Crippen LogP contribution in [0.25, 0.3) is 0 Å². The molecule has 1 amide bonds. The summed E-state index contributed by atoms with van der Waals surface area (Å²) in [6.07, 6.45) is 5.62. The predicted octanol–water partition coefficient (Wildman–Crippen LogP) is 0.989. The zero-order valence-corrected chi connectivity index (χ0v) is 13.3. The van der Waals surface area contributed by atoms with E-state index in [-0.39, 0.29) is 23.5 Å². The Kier molecular flexibility index (Phi) is 4.33. The Labute approximate surface area is 130 Å². The lowest BCUT2D eigenvalue weighted by Crippen LogP contribution is -2.38. The van der Waals surface area contributed by atoms with Crippen molar-refractivity contribution >= 4 is 21.6 Å². The van der Waals surface area contributed by atoms with Crippen LogP contribution in [0, 0.1) is 0 Å². The summed E-state index contributed by atoms with van der Waals surface area (Å²) in [5, 5.41) is 2.85. The number of nitrogens with one attached hydrogen (secondary N) is 1. The number of sulfone groups is 1. The van der Waals surface area contributed by atoms with Gasteiger partial charge in [0.1, 0.15) is 5.82 Å². The second kappa shape index (κ2) is 6.24. The molecule has 3 heterocycles. The molecule has 22 heavy (non-hydrogen) atoms. The van der Waals surface area contributed by atoms with Gasteiger partial charge in [-0.3, -0.25) is 4.79 Å². The van der Waals surface area contributed by atoms with Crippen LogP contribution >= 0.6 is 0 Å². The molecule has 2 fully saturated rings. The van der Waals surface area contributed by atoms with Crippen molar-refractivity contribution in [1.29, 1.82) is 0 Å². The highest BCUT2D eigenvalue weighted by Crippen LogP contribution is 2.22. The molecule has 0 aromatic carbocycles. The minimum Gasteiger partial charge on any atom is -0.356 e. The van der Waals surface area contributed by atoms with Crippen LogP contribution in [0.3, 0.4) is 0 Å². The largest absolute Gasteiger partial charge is 0.356 e. The van der Waals surface area contributed by atoms with Gasteiger partial charge in [-0.2, -0.15) is 0 Å². The van der Waals surface area contributed by atoms with Crippen molar-refractivity contribution in [2.45, 2.75) is 31.7 Å². The van der Waals surface area contributed by atoms with Gasteiger partial charge in [-0.1, -0.05) is 0 Å². The van der Waals surface area contributed by atoms with Crippen LogP contribution in [0.15, 0.2) is 18.3 Å². The first kappa shape index (κ1) is 15.3. The van der Waals surface area contributed by atoms with Crippen LogP contribution in [0.4, 0.5) is 5.82 Å². The maximum Gasteiger partial charge on any atom is 0.255 e. The first-order valence-electron chi connectivity index (χ1n) is 7.76. The molecule has 1 N–H and O–H groups in total. The highest BCUT2D eigenvalue weighted by atomic mass is 32.2. The van der Waals surface area contributed by atoms with Crippen molar-refractivity contribution in [2.24, 2.45) is 0 Å². The molecule has 3 rings (SSSR count). The van der Waals surface area contributed by atoms with E-state index < -0.39 is 9.84 Å². The van der Waals surface area contributed by atoms with Gasteiger partial charge < -0.3 is 10.2 Å². The van der Waals surface area contributed by atoms with E-state index >= 15 is 0 Å². The van der Waals surface area contributed by atoms with Gasteiger partial charge >= 0.3 is 0 Å². The molecule has 2 aliphatic rings. The van der Waals surface area contributed by atoms with Gasteiger partial charge in [0, 0.05) is 25.3 Å². The highest BCUT2D eigenvalue weighted by Gasteiger charge is 2.30. The number of carbonyl (C=O) groups excluding carboxylic acids is 1. The summed E-state index contributed by atoms with van der Waals surface area (Å²) >= 11 is 0. The Bertz CT molecular complexity index is 654. The molecule has 120 valence electrons. The van der Waals surface area contributed by atoms with Gasteiger partial charge in [-0.15, -0.1) is 0 Å². The van der Waals surface area contributed by atoms with Gasteiger partial charge in [0.05, 0.1) is 17.1 Å². The number of rotatable bonds is 3. The molecule has 0 spiro atoms. The molecule has 0 bridgehead atoms. The Morgan fingerprint density at radius 3 is 2.73 bits per heavy atom. The second-order valence-corrected chi connectivity index (χ2v) is 8.22. The zero-order chi connectivity index (χ0) is 15.6. The Morgan fingerprint density at radius 2 is 2.05 bits per heavy atom. The fourth-order valence-electron chi connectivity index (χ4n) is 3.10. The Hall–Kier alpha value is -1.63. The van der Waals surface area contributed by atoms with E-state index in [1.807, 2.05) is 0 Å². The van der Waals surface area contributed by atoms with Crippen LogP contribution in [-0.2, 0) is 9.84 Å². The Balaban J connectivity index is 1.75. The van der Waals surface area contributed by atoms with Crippen LogP contribution in [0.5, 0.6) is 0 Å². The molecule has 7 heteroatoms. The molecule has 1 unspecified atom stereocenters. The summed E-state index contributed by atoms with van der Waals surface area (Å²) in [5.74, 6) is 0.679. The number of aromatic nitrogens is 1. The van der Waals surface area contributed by atoms with Gasteiger partial charge in [0.2, 0.25) is 0 Å². The Morgan fingerprint density at radius 1 is 1.27 bits per heavy atom. The summed E-state index contributed by atoms with van der Waals surface area (Å²) in [4.78, 5) is 19.0. The molecule has 0 radical (unpaired) electrons. The molecule has 6 nitrogen and oxygen atoms in total. The maximum atomic E-state index is 12.5. The van der Waals surface area contributed by atoms with Crippen molar-refractivity contribution in [3.05, 3.63) is 23.9 Å². The second-order valence-electron chi connectivity index (χ2n) is 6.00. The fraction of sp³-hybridized carbons (Fsp3) is 0.600. The van der Waals surface area contributed by atoms with Gasteiger partial charge in [0.25, 0.3) is 5.91 Å². The predicted molar refractivity (Wildman–Crippen MR) is 84.8 cm³/mol. The van der Waals surface area contributed by atoms with E-state index in [1.165, 1.54) is 6.42 Å². The summed E-state index contributed by atoms with van der Waals surface area (Å²) in [6.45, 7) is 1.82.